The fourth-order valence-electron chi connectivity index (χ4n) is 4.37. The molecule has 5 nitrogen and oxygen atoms in total. The van der Waals surface area contributed by atoms with Crippen LogP contribution in [0.1, 0.15) is 41.9 Å². The van der Waals surface area contributed by atoms with Crippen LogP contribution in [0.4, 0.5) is 8.78 Å². The standard InChI is InChI=1S/C28H27ClF2O5/c1-17-12-19(29)13-26(28(17)35-16-24-14-22(32)15-27(33)36-24)25(18-2-4-20(30)5-3-18)10-11-34-23-8-6-21(31)7-9-23/h2-9,12-13,22,24-25,32H,10-11,14-16H2,1H3/t22?,24?,25-/m0/s1. The lowest BCUT2D eigenvalue weighted by Gasteiger charge is -2.28. The van der Waals surface area contributed by atoms with Crippen LogP contribution in [0.15, 0.2) is 60.7 Å². The number of cyclic esters (lactones) is 1. The van der Waals surface area contributed by atoms with Crippen molar-refractivity contribution in [2.75, 3.05) is 13.2 Å². The maximum absolute atomic E-state index is 13.7. The number of rotatable bonds is 9. The summed E-state index contributed by atoms with van der Waals surface area (Å²) < 4.78 is 44.2. The summed E-state index contributed by atoms with van der Waals surface area (Å²) in [5.74, 6) is -0.317. The second-order valence-electron chi connectivity index (χ2n) is 8.85. The van der Waals surface area contributed by atoms with Gasteiger partial charge in [0, 0.05) is 22.9 Å². The first-order valence-electron chi connectivity index (χ1n) is 11.7. The molecule has 0 aromatic heterocycles. The highest BCUT2D eigenvalue weighted by atomic mass is 35.5. The van der Waals surface area contributed by atoms with E-state index in [4.69, 9.17) is 25.8 Å². The molecule has 0 saturated carbocycles. The summed E-state index contributed by atoms with van der Waals surface area (Å²) in [6.07, 6.45) is -0.573. The van der Waals surface area contributed by atoms with Crippen LogP contribution in [0.25, 0.3) is 0 Å². The number of aliphatic hydroxyl groups is 1. The highest BCUT2D eigenvalue weighted by Gasteiger charge is 2.29. The van der Waals surface area contributed by atoms with E-state index in [1.165, 1.54) is 24.3 Å². The van der Waals surface area contributed by atoms with Crippen molar-refractivity contribution in [1.29, 1.82) is 0 Å². The van der Waals surface area contributed by atoms with E-state index >= 15 is 0 Å². The number of aliphatic hydroxyl groups excluding tert-OH is 1. The van der Waals surface area contributed by atoms with Gasteiger partial charge in [0.2, 0.25) is 0 Å². The Morgan fingerprint density at radius 1 is 1.06 bits per heavy atom. The molecule has 0 bridgehead atoms. The molecule has 3 aromatic rings. The monoisotopic (exact) mass is 516 g/mol. The highest BCUT2D eigenvalue weighted by molar-refractivity contribution is 6.30. The van der Waals surface area contributed by atoms with Gasteiger partial charge in [0.15, 0.2) is 0 Å². The molecule has 1 saturated heterocycles. The van der Waals surface area contributed by atoms with Gasteiger partial charge in [-0.15, -0.1) is 0 Å². The lowest BCUT2D eigenvalue weighted by Crippen LogP contribution is -2.36. The van der Waals surface area contributed by atoms with Crippen molar-refractivity contribution in [3.05, 3.63) is 94.0 Å². The zero-order valence-corrected chi connectivity index (χ0v) is 20.5. The third kappa shape index (κ3) is 6.74. The number of hydrogen-bond acceptors (Lipinski definition) is 5. The van der Waals surface area contributed by atoms with Gasteiger partial charge in [-0.05, 0) is 73.0 Å². The lowest BCUT2D eigenvalue weighted by molar-refractivity contribution is -0.162. The Balaban J connectivity index is 1.60. The van der Waals surface area contributed by atoms with Crippen molar-refractivity contribution in [3.8, 4) is 11.5 Å². The minimum absolute atomic E-state index is 0.0254. The first kappa shape index (κ1) is 25.9. The number of aryl methyl sites for hydroxylation is 1. The van der Waals surface area contributed by atoms with Gasteiger partial charge in [-0.3, -0.25) is 4.79 Å². The van der Waals surface area contributed by atoms with Crippen molar-refractivity contribution in [3.63, 3.8) is 0 Å². The predicted octanol–water partition coefficient (Wildman–Crippen LogP) is 5.97. The van der Waals surface area contributed by atoms with Gasteiger partial charge >= 0.3 is 5.97 Å². The number of ether oxygens (including phenoxy) is 3. The minimum Gasteiger partial charge on any atom is -0.494 e. The van der Waals surface area contributed by atoms with E-state index in [9.17, 15) is 18.7 Å². The van der Waals surface area contributed by atoms with Crippen LogP contribution >= 0.6 is 11.6 Å². The quantitative estimate of drug-likeness (QED) is 0.355. The first-order chi connectivity index (χ1) is 17.3. The van der Waals surface area contributed by atoms with Crippen LogP contribution in [0.2, 0.25) is 5.02 Å². The van der Waals surface area contributed by atoms with Crippen molar-refractivity contribution >= 4 is 17.6 Å². The zero-order chi connectivity index (χ0) is 25.7. The van der Waals surface area contributed by atoms with Crippen LogP contribution < -0.4 is 9.47 Å². The van der Waals surface area contributed by atoms with E-state index in [1.54, 1.807) is 36.4 Å². The molecule has 2 unspecified atom stereocenters. The Labute approximate surface area is 213 Å². The maximum Gasteiger partial charge on any atom is 0.308 e. The molecule has 4 rings (SSSR count). The molecule has 1 fully saturated rings. The Hall–Kier alpha value is -3.16. The van der Waals surface area contributed by atoms with Crippen molar-refractivity contribution < 1.29 is 32.9 Å². The van der Waals surface area contributed by atoms with Crippen LogP contribution in [0.5, 0.6) is 11.5 Å². The number of carbonyl (C=O) groups excluding carboxylic acids is 1. The summed E-state index contributed by atoms with van der Waals surface area (Å²) in [7, 11) is 0. The van der Waals surface area contributed by atoms with Gasteiger partial charge in [0.05, 0.1) is 19.1 Å². The smallest absolute Gasteiger partial charge is 0.308 e. The average molecular weight is 517 g/mol. The number of carbonyl (C=O) groups is 1. The van der Waals surface area contributed by atoms with E-state index in [0.717, 1.165) is 16.7 Å². The summed E-state index contributed by atoms with van der Waals surface area (Å²) in [4.78, 5) is 11.7. The van der Waals surface area contributed by atoms with E-state index in [-0.39, 0.29) is 30.6 Å². The number of halogens is 3. The summed E-state index contributed by atoms with van der Waals surface area (Å²) in [5.41, 5.74) is 2.40. The van der Waals surface area contributed by atoms with Gasteiger partial charge in [0.1, 0.15) is 35.8 Å². The average Bonchev–Trinajstić information content (AvgIpc) is 2.82. The summed E-state index contributed by atoms with van der Waals surface area (Å²) in [5, 5.41) is 10.4. The van der Waals surface area contributed by atoms with E-state index in [1.807, 2.05) is 6.92 Å². The predicted molar refractivity (Wildman–Crippen MR) is 132 cm³/mol. The van der Waals surface area contributed by atoms with Gasteiger partial charge < -0.3 is 19.3 Å². The van der Waals surface area contributed by atoms with Gasteiger partial charge in [-0.25, -0.2) is 8.78 Å². The van der Waals surface area contributed by atoms with Crippen molar-refractivity contribution in [1.82, 2.24) is 0 Å². The van der Waals surface area contributed by atoms with Crippen LogP contribution in [0.3, 0.4) is 0 Å². The molecule has 0 spiro atoms. The number of esters is 1. The third-order valence-corrected chi connectivity index (χ3v) is 6.27. The van der Waals surface area contributed by atoms with Gasteiger partial charge in [-0.1, -0.05) is 23.7 Å². The van der Waals surface area contributed by atoms with Gasteiger partial charge in [-0.2, -0.15) is 0 Å². The molecular weight excluding hydrogens is 490 g/mol. The molecule has 1 aliphatic rings. The Morgan fingerprint density at radius 2 is 1.72 bits per heavy atom. The summed E-state index contributed by atoms with van der Waals surface area (Å²) in [6, 6.07) is 15.5. The molecule has 36 heavy (non-hydrogen) atoms. The van der Waals surface area contributed by atoms with Gasteiger partial charge in [0.25, 0.3) is 0 Å². The van der Waals surface area contributed by atoms with Crippen molar-refractivity contribution in [2.45, 2.75) is 44.3 Å². The molecule has 1 aliphatic heterocycles. The normalized spacial score (nSPS) is 18.4. The lowest BCUT2D eigenvalue weighted by atomic mass is 9.87. The van der Waals surface area contributed by atoms with E-state index in [0.29, 0.717) is 36.0 Å². The SMILES string of the molecule is Cc1cc(Cl)cc([C@@H](CCOc2ccc(F)cc2)c2ccc(F)cc2)c1OCC1CC(O)CC(=O)O1. The second-order valence-corrected chi connectivity index (χ2v) is 9.29. The molecule has 3 atom stereocenters. The molecular formula is C28H27ClF2O5. The largest absolute Gasteiger partial charge is 0.494 e. The summed E-state index contributed by atoms with van der Waals surface area (Å²) in [6.45, 7) is 2.23. The molecule has 190 valence electrons. The van der Waals surface area contributed by atoms with E-state index < -0.39 is 18.2 Å². The zero-order valence-electron chi connectivity index (χ0n) is 19.8. The second kappa shape index (κ2) is 11.7. The Morgan fingerprint density at radius 3 is 2.39 bits per heavy atom. The molecule has 1 heterocycles. The van der Waals surface area contributed by atoms with Crippen molar-refractivity contribution in [2.24, 2.45) is 0 Å². The topological polar surface area (TPSA) is 65.0 Å². The molecule has 8 heteroatoms. The fourth-order valence-corrected chi connectivity index (χ4v) is 4.65. The minimum atomic E-state index is -0.763. The number of benzene rings is 3. The Kier molecular flexibility index (Phi) is 8.44. The molecule has 0 radical (unpaired) electrons. The fraction of sp³-hybridized carbons (Fsp3) is 0.321. The summed E-state index contributed by atoms with van der Waals surface area (Å²) >= 11 is 6.43. The molecule has 0 aliphatic carbocycles. The number of hydrogen-bond donors (Lipinski definition) is 1. The molecule has 3 aromatic carbocycles. The third-order valence-electron chi connectivity index (χ3n) is 6.05. The first-order valence-corrected chi connectivity index (χ1v) is 12.1. The van der Waals surface area contributed by atoms with E-state index in [2.05, 4.69) is 0 Å². The highest BCUT2D eigenvalue weighted by Crippen LogP contribution is 2.39. The van der Waals surface area contributed by atoms with Crippen LogP contribution in [0, 0.1) is 18.6 Å². The maximum atomic E-state index is 13.7. The molecule has 0 amide bonds. The Bertz CT molecular complexity index is 1180. The molecule has 1 N–H and O–H groups in total. The van der Waals surface area contributed by atoms with Crippen LogP contribution in [-0.4, -0.2) is 36.5 Å². The van der Waals surface area contributed by atoms with Crippen LogP contribution in [-0.2, 0) is 9.53 Å².